The molecule has 18 heavy (non-hydrogen) atoms. The Kier molecular flexibility index (Phi) is 2.38. The molecule has 0 aliphatic rings. The summed E-state index contributed by atoms with van der Waals surface area (Å²) >= 11 is 1.37. The molecule has 0 saturated heterocycles. The number of fused-ring (bicyclic) bond motifs is 2. The molecule has 2 aromatic heterocycles. The summed E-state index contributed by atoms with van der Waals surface area (Å²) in [5, 5.41) is 2.28. The third-order valence-corrected chi connectivity index (χ3v) is 3.43. The van der Waals surface area contributed by atoms with Crippen LogP contribution in [0, 0.1) is 0 Å². The Morgan fingerprint density at radius 2 is 2.28 bits per heavy atom. The van der Waals surface area contributed by atoms with Crippen molar-refractivity contribution in [3.05, 3.63) is 45.7 Å². The summed E-state index contributed by atoms with van der Waals surface area (Å²) in [5.74, 6) is -0.440. The molecule has 0 fully saturated rings. The van der Waals surface area contributed by atoms with Crippen molar-refractivity contribution in [3.8, 4) is 0 Å². The lowest BCUT2D eigenvalue weighted by molar-refractivity contribution is 0.0601. The minimum absolute atomic E-state index is 0.132. The minimum atomic E-state index is -0.440. The molecule has 0 atom stereocenters. The van der Waals surface area contributed by atoms with Crippen molar-refractivity contribution in [1.29, 1.82) is 0 Å². The van der Waals surface area contributed by atoms with Crippen LogP contribution in [0.25, 0.3) is 15.9 Å². The summed E-state index contributed by atoms with van der Waals surface area (Å²) in [4.78, 5) is 28.5. The second kappa shape index (κ2) is 3.92. The fraction of sp³-hybridized carbons (Fsp3) is 0.0833. The fourth-order valence-electron chi connectivity index (χ4n) is 1.79. The SMILES string of the molecule is COC(=O)c1ccc2c(=O)n3ccsc3nc2c1. The Labute approximate surface area is 105 Å². The number of carbonyl (C=O) groups excluding carboxylic acids is 1. The summed E-state index contributed by atoms with van der Waals surface area (Å²) < 4.78 is 6.13. The van der Waals surface area contributed by atoms with Crippen LogP contribution >= 0.6 is 11.3 Å². The maximum Gasteiger partial charge on any atom is 0.337 e. The number of methoxy groups -OCH3 is 1. The highest BCUT2D eigenvalue weighted by Crippen LogP contribution is 2.15. The number of carbonyl (C=O) groups is 1. The lowest BCUT2D eigenvalue weighted by Crippen LogP contribution is -2.13. The van der Waals surface area contributed by atoms with Gasteiger partial charge in [0.15, 0.2) is 4.96 Å². The van der Waals surface area contributed by atoms with E-state index in [0.29, 0.717) is 21.4 Å². The number of hydrogen-bond donors (Lipinski definition) is 0. The van der Waals surface area contributed by atoms with Gasteiger partial charge < -0.3 is 4.74 Å². The highest BCUT2D eigenvalue weighted by Gasteiger charge is 2.10. The first-order valence-corrected chi connectivity index (χ1v) is 6.06. The van der Waals surface area contributed by atoms with E-state index in [1.165, 1.54) is 22.8 Å². The number of hydrogen-bond acceptors (Lipinski definition) is 5. The number of aromatic nitrogens is 2. The van der Waals surface area contributed by atoms with Gasteiger partial charge in [-0.05, 0) is 18.2 Å². The van der Waals surface area contributed by atoms with Gasteiger partial charge in [-0.3, -0.25) is 9.20 Å². The van der Waals surface area contributed by atoms with Gasteiger partial charge in [0.2, 0.25) is 0 Å². The second-order valence-electron chi connectivity index (χ2n) is 3.70. The summed E-state index contributed by atoms with van der Waals surface area (Å²) in [6.45, 7) is 0. The van der Waals surface area contributed by atoms with Crippen LogP contribution < -0.4 is 5.56 Å². The average molecular weight is 260 g/mol. The summed E-state index contributed by atoms with van der Waals surface area (Å²) in [6.07, 6.45) is 1.68. The van der Waals surface area contributed by atoms with Gasteiger partial charge in [-0.2, -0.15) is 0 Å². The molecule has 0 radical (unpaired) electrons. The largest absolute Gasteiger partial charge is 0.465 e. The average Bonchev–Trinajstić information content (AvgIpc) is 2.86. The van der Waals surface area contributed by atoms with E-state index >= 15 is 0 Å². The molecular weight excluding hydrogens is 252 g/mol. The maximum absolute atomic E-state index is 12.1. The molecule has 3 rings (SSSR count). The zero-order valence-electron chi connectivity index (χ0n) is 9.41. The van der Waals surface area contributed by atoms with Crippen molar-refractivity contribution in [2.75, 3.05) is 7.11 Å². The van der Waals surface area contributed by atoms with Crippen LogP contribution in [0.1, 0.15) is 10.4 Å². The summed E-state index contributed by atoms with van der Waals surface area (Å²) in [5.41, 5.74) is 0.760. The van der Waals surface area contributed by atoms with Crippen LogP contribution in [0.2, 0.25) is 0 Å². The number of rotatable bonds is 1. The minimum Gasteiger partial charge on any atom is -0.465 e. The summed E-state index contributed by atoms with van der Waals surface area (Å²) in [7, 11) is 1.32. The monoisotopic (exact) mass is 260 g/mol. The Bertz CT molecular complexity index is 819. The molecule has 0 spiro atoms. The van der Waals surface area contributed by atoms with Crippen molar-refractivity contribution in [3.63, 3.8) is 0 Å². The number of nitrogens with zero attached hydrogens (tertiary/aromatic N) is 2. The van der Waals surface area contributed by atoms with Crippen molar-refractivity contribution in [1.82, 2.24) is 9.38 Å². The van der Waals surface area contributed by atoms with E-state index in [4.69, 9.17) is 0 Å². The molecule has 6 heteroatoms. The van der Waals surface area contributed by atoms with Crippen LogP contribution in [0.5, 0.6) is 0 Å². The van der Waals surface area contributed by atoms with E-state index in [2.05, 4.69) is 9.72 Å². The summed E-state index contributed by atoms with van der Waals surface area (Å²) in [6, 6.07) is 4.74. The van der Waals surface area contributed by atoms with Crippen molar-refractivity contribution in [2.24, 2.45) is 0 Å². The van der Waals surface area contributed by atoms with Crippen molar-refractivity contribution >= 4 is 33.2 Å². The highest BCUT2D eigenvalue weighted by atomic mass is 32.1. The zero-order valence-corrected chi connectivity index (χ0v) is 10.2. The molecule has 1 aromatic carbocycles. The lowest BCUT2D eigenvalue weighted by Gasteiger charge is -2.01. The predicted octanol–water partition coefficient (Wildman–Crippen LogP) is 1.70. The lowest BCUT2D eigenvalue weighted by atomic mass is 10.1. The Hall–Kier alpha value is -2.21. The van der Waals surface area contributed by atoms with Gasteiger partial charge >= 0.3 is 5.97 Å². The fourth-order valence-corrected chi connectivity index (χ4v) is 2.50. The van der Waals surface area contributed by atoms with E-state index in [-0.39, 0.29) is 5.56 Å². The molecule has 0 unspecified atom stereocenters. The van der Waals surface area contributed by atoms with Crippen LogP contribution in [-0.4, -0.2) is 22.5 Å². The Morgan fingerprint density at radius 1 is 1.44 bits per heavy atom. The third kappa shape index (κ3) is 1.50. The maximum atomic E-state index is 12.1. The van der Waals surface area contributed by atoms with E-state index in [1.54, 1.807) is 29.8 Å². The van der Waals surface area contributed by atoms with Gasteiger partial charge in [0.05, 0.1) is 23.6 Å². The second-order valence-corrected chi connectivity index (χ2v) is 4.57. The first-order chi connectivity index (χ1) is 8.70. The van der Waals surface area contributed by atoms with E-state index in [0.717, 1.165) is 0 Å². The molecule has 0 bridgehead atoms. The predicted molar refractivity (Wildman–Crippen MR) is 68.2 cm³/mol. The smallest absolute Gasteiger partial charge is 0.337 e. The number of thiazole rings is 1. The normalized spacial score (nSPS) is 10.9. The zero-order chi connectivity index (χ0) is 12.7. The van der Waals surface area contributed by atoms with Gasteiger partial charge in [-0.25, -0.2) is 9.78 Å². The molecule has 0 saturated carbocycles. The molecule has 5 nitrogen and oxygen atoms in total. The third-order valence-electron chi connectivity index (χ3n) is 2.67. The molecule has 0 aliphatic carbocycles. The van der Waals surface area contributed by atoms with Crippen molar-refractivity contribution < 1.29 is 9.53 Å². The van der Waals surface area contributed by atoms with E-state index in [9.17, 15) is 9.59 Å². The molecule has 0 amide bonds. The first kappa shape index (κ1) is 10.9. The van der Waals surface area contributed by atoms with Crippen LogP contribution in [0.4, 0.5) is 0 Å². The van der Waals surface area contributed by atoms with Crippen LogP contribution in [0.3, 0.4) is 0 Å². The van der Waals surface area contributed by atoms with Gasteiger partial charge in [0, 0.05) is 11.6 Å². The van der Waals surface area contributed by atoms with Crippen LogP contribution in [-0.2, 0) is 4.74 Å². The quantitative estimate of drug-likeness (QED) is 0.625. The molecule has 90 valence electrons. The molecule has 3 aromatic rings. The molecular formula is C12H8N2O3S. The van der Waals surface area contributed by atoms with Gasteiger partial charge in [-0.1, -0.05) is 0 Å². The van der Waals surface area contributed by atoms with Crippen LogP contribution in [0.15, 0.2) is 34.6 Å². The van der Waals surface area contributed by atoms with Gasteiger partial charge in [-0.15, -0.1) is 11.3 Å². The molecule has 2 heterocycles. The Morgan fingerprint density at radius 3 is 3.06 bits per heavy atom. The number of benzene rings is 1. The molecule has 0 N–H and O–H groups in total. The van der Waals surface area contributed by atoms with Gasteiger partial charge in [0.1, 0.15) is 0 Å². The first-order valence-electron chi connectivity index (χ1n) is 5.18. The number of esters is 1. The topological polar surface area (TPSA) is 60.7 Å². The Balaban J connectivity index is 2.38. The highest BCUT2D eigenvalue weighted by molar-refractivity contribution is 7.15. The molecule has 0 aliphatic heterocycles. The van der Waals surface area contributed by atoms with E-state index < -0.39 is 5.97 Å². The number of ether oxygens (including phenoxy) is 1. The standard InChI is InChI=1S/C12H8N2O3S/c1-17-11(16)7-2-3-8-9(6-7)13-12-14(10(8)15)4-5-18-12/h2-6H,1H3. The van der Waals surface area contributed by atoms with Crippen molar-refractivity contribution in [2.45, 2.75) is 0 Å². The van der Waals surface area contributed by atoms with Gasteiger partial charge in [0.25, 0.3) is 5.56 Å². The van der Waals surface area contributed by atoms with E-state index in [1.807, 2.05) is 0 Å².